The third kappa shape index (κ3) is 7.80. The molecule has 0 unspecified atom stereocenters. The summed E-state index contributed by atoms with van der Waals surface area (Å²) in [6.07, 6.45) is 0. The second kappa shape index (κ2) is 5.93. The highest BCUT2D eigenvalue weighted by Gasteiger charge is 1.90. The number of nitrogens with zero attached hydrogens (tertiary/aromatic N) is 1. The number of nitrogens with one attached hydrogen (secondary N) is 1. The van der Waals surface area contributed by atoms with Crippen molar-refractivity contribution in [3.05, 3.63) is 0 Å². The van der Waals surface area contributed by atoms with Gasteiger partial charge in [-0.3, -0.25) is 10.4 Å². The van der Waals surface area contributed by atoms with Gasteiger partial charge >= 0.3 is 0 Å². The van der Waals surface area contributed by atoms with Crippen LogP contribution >= 0.6 is 0 Å². The number of nitrogens with two attached hydrogens (primary N) is 1. The maximum atomic E-state index is 8.17. The summed E-state index contributed by atoms with van der Waals surface area (Å²) in [5.41, 5.74) is 5.14. The van der Waals surface area contributed by atoms with E-state index >= 15 is 0 Å². The van der Waals surface area contributed by atoms with E-state index in [1.807, 2.05) is 0 Å². The molecule has 5 heteroatoms. The summed E-state index contributed by atoms with van der Waals surface area (Å²) in [6, 6.07) is 0. The molecule has 5 N–H and O–H groups in total. The second-order valence-electron chi connectivity index (χ2n) is 1.63. The Labute approximate surface area is 54.0 Å². The molecule has 0 heterocycles. The van der Waals surface area contributed by atoms with Gasteiger partial charge in [-0.25, -0.2) is 0 Å². The van der Waals surface area contributed by atoms with Crippen LogP contribution in [-0.4, -0.2) is 41.8 Å². The van der Waals surface area contributed by atoms with E-state index in [1.165, 1.54) is 0 Å². The van der Waals surface area contributed by atoms with Crippen molar-refractivity contribution in [1.82, 2.24) is 10.5 Å². The first-order chi connectivity index (χ1) is 4.27. The molecule has 0 saturated carbocycles. The van der Waals surface area contributed by atoms with Crippen LogP contribution in [0.1, 0.15) is 0 Å². The number of hydroxylamine groups is 2. The molecule has 0 aromatic heterocycles. The Morgan fingerprint density at radius 1 is 1.33 bits per heavy atom. The third-order valence-electron chi connectivity index (χ3n) is 0.810. The molecule has 0 amide bonds. The van der Waals surface area contributed by atoms with Gasteiger partial charge in [-0.2, -0.15) is 0 Å². The second-order valence-corrected chi connectivity index (χ2v) is 1.63. The van der Waals surface area contributed by atoms with Crippen molar-refractivity contribution in [2.75, 3.05) is 26.2 Å². The van der Waals surface area contributed by atoms with Gasteiger partial charge in [-0.15, -0.1) is 0 Å². The summed E-state index contributed by atoms with van der Waals surface area (Å²) < 4.78 is 0. The van der Waals surface area contributed by atoms with Gasteiger partial charge < -0.3 is 11.1 Å². The molecule has 0 aromatic carbocycles. The quantitative estimate of drug-likeness (QED) is 0.276. The van der Waals surface area contributed by atoms with Crippen LogP contribution in [0.15, 0.2) is 0 Å². The average Bonchev–Trinajstić information content (AvgIpc) is 1.80. The lowest BCUT2D eigenvalue weighted by molar-refractivity contribution is -0.305. The minimum atomic E-state index is 0.142. The molecule has 0 radical (unpaired) electrons. The zero-order valence-electron chi connectivity index (χ0n) is 5.25. The molecule has 0 atom stereocenters. The molecule has 0 fully saturated rings. The Kier molecular flexibility index (Phi) is 5.80. The van der Waals surface area contributed by atoms with E-state index in [9.17, 15) is 0 Å². The van der Waals surface area contributed by atoms with Gasteiger partial charge in [0.15, 0.2) is 0 Å². The SMILES string of the molecule is NCCNCCN(O)O. The minimum Gasteiger partial charge on any atom is -0.329 e. The van der Waals surface area contributed by atoms with Crippen molar-refractivity contribution in [3.63, 3.8) is 0 Å². The van der Waals surface area contributed by atoms with E-state index in [1.54, 1.807) is 0 Å². The molecule has 56 valence electrons. The molecule has 0 rings (SSSR count). The summed E-state index contributed by atoms with van der Waals surface area (Å²) in [6.45, 7) is 1.99. The van der Waals surface area contributed by atoms with Crippen LogP contribution < -0.4 is 11.1 Å². The Bertz CT molecular complexity index is 59.8. The van der Waals surface area contributed by atoms with Crippen LogP contribution in [0, 0.1) is 0 Å². The van der Waals surface area contributed by atoms with Crippen LogP contribution in [0.5, 0.6) is 0 Å². The lowest BCUT2D eigenvalue weighted by atomic mass is 10.6. The average molecular weight is 135 g/mol. The highest BCUT2D eigenvalue weighted by molar-refractivity contribution is 4.45. The van der Waals surface area contributed by atoms with Crippen LogP contribution in [0.25, 0.3) is 0 Å². The van der Waals surface area contributed by atoms with E-state index in [4.69, 9.17) is 16.1 Å². The van der Waals surface area contributed by atoms with E-state index in [0.717, 1.165) is 0 Å². The van der Waals surface area contributed by atoms with Crippen molar-refractivity contribution in [3.8, 4) is 0 Å². The molecule has 0 aliphatic carbocycles. The first-order valence-electron chi connectivity index (χ1n) is 2.83. The molecule has 0 bridgehead atoms. The van der Waals surface area contributed by atoms with Gasteiger partial charge in [0.1, 0.15) is 0 Å². The Morgan fingerprint density at radius 3 is 2.44 bits per heavy atom. The molecule has 0 aliphatic rings. The lowest BCUT2D eigenvalue weighted by Crippen LogP contribution is -2.30. The summed E-state index contributed by atoms with van der Waals surface area (Å²) in [7, 11) is 0. The van der Waals surface area contributed by atoms with Gasteiger partial charge in [-0.05, 0) is 0 Å². The standard InChI is InChI=1S/C4H13N3O2/c5-1-2-6-3-4-7(8)9/h6,8-9H,1-5H2. The molecular formula is C4H13N3O2. The van der Waals surface area contributed by atoms with Crippen molar-refractivity contribution in [2.45, 2.75) is 0 Å². The van der Waals surface area contributed by atoms with Gasteiger partial charge in [-0.1, -0.05) is 5.23 Å². The van der Waals surface area contributed by atoms with Gasteiger partial charge in [0.25, 0.3) is 0 Å². The fraction of sp³-hybridized carbons (Fsp3) is 1.00. The van der Waals surface area contributed by atoms with E-state index in [-0.39, 0.29) is 11.8 Å². The fourth-order valence-electron chi connectivity index (χ4n) is 0.406. The summed E-state index contributed by atoms with van der Waals surface area (Å²) >= 11 is 0. The molecule has 5 nitrogen and oxygen atoms in total. The first kappa shape index (κ1) is 8.80. The molecule has 0 aliphatic heterocycles. The molecule has 0 aromatic rings. The summed E-state index contributed by atoms with van der Waals surface area (Å²) in [5, 5.41) is 19.4. The lowest BCUT2D eigenvalue weighted by Gasteiger charge is -2.05. The maximum absolute atomic E-state index is 8.17. The molecular weight excluding hydrogens is 122 g/mol. The predicted molar refractivity (Wildman–Crippen MR) is 32.2 cm³/mol. The normalized spacial score (nSPS) is 10.7. The van der Waals surface area contributed by atoms with E-state index in [2.05, 4.69) is 5.32 Å². The molecule has 0 spiro atoms. The van der Waals surface area contributed by atoms with Crippen LogP contribution in [0.4, 0.5) is 0 Å². The van der Waals surface area contributed by atoms with Gasteiger partial charge in [0.2, 0.25) is 0 Å². The maximum Gasteiger partial charge on any atom is 0.0637 e. The Hall–Kier alpha value is -0.200. The monoisotopic (exact) mass is 135 g/mol. The zero-order valence-corrected chi connectivity index (χ0v) is 5.25. The number of hydrogen-bond donors (Lipinski definition) is 4. The Morgan fingerprint density at radius 2 is 2.00 bits per heavy atom. The molecule has 0 saturated heterocycles. The van der Waals surface area contributed by atoms with Crippen molar-refractivity contribution in [2.24, 2.45) is 5.73 Å². The number of rotatable bonds is 5. The highest BCUT2D eigenvalue weighted by atomic mass is 16.8. The zero-order chi connectivity index (χ0) is 7.11. The van der Waals surface area contributed by atoms with Crippen LogP contribution in [-0.2, 0) is 0 Å². The Balaban J connectivity index is 2.75. The topological polar surface area (TPSA) is 81.8 Å². The minimum absolute atomic E-state index is 0.142. The molecule has 9 heavy (non-hydrogen) atoms. The summed E-state index contributed by atoms with van der Waals surface area (Å²) in [4.78, 5) is 0. The van der Waals surface area contributed by atoms with E-state index < -0.39 is 0 Å². The van der Waals surface area contributed by atoms with Crippen molar-refractivity contribution >= 4 is 0 Å². The number of hydrogen-bond acceptors (Lipinski definition) is 5. The summed E-state index contributed by atoms with van der Waals surface area (Å²) in [5.74, 6) is 0. The first-order valence-corrected chi connectivity index (χ1v) is 2.83. The van der Waals surface area contributed by atoms with Gasteiger partial charge in [0.05, 0.1) is 6.54 Å². The largest absolute Gasteiger partial charge is 0.329 e. The smallest absolute Gasteiger partial charge is 0.0637 e. The highest BCUT2D eigenvalue weighted by Crippen LogP contribution is 1.67. The predicted octanol–water partition coefficient (Wildman–Crippen LogP) is -1.38. The van der Waals surface area contributed by atoms with E-state index in [0.29, 0.717) is 19.6 Å². The van der Waals surface area contributed by atoms with Gasteiger partial charge in [0, 0.05) is 19.6 Å². The van der Waals surface area contributed by atoms with Crippen LogP contribution in [0.3, 0.4) is 0 Å². The fourth-order valence-corrected chi connectivity index (χ4v) is 0.406. The van der Waals surface area contributed by atoms with Crippen molar-refractivity contribution in [1.29, 1.82) is 0 Å². The third-order valence-corrected chi connectivity index (χ3v) is 0.810. The van der Waals surface area contributed by atoms with Crippen molar-refractivity contribution < 1.29 is 10.4 Å². The van der Waals surface area contributed by atoms with Crippen LogP contribution in [0.2, 0.25) is 0 Å².